The molecule has 0 saturated heterocycles. The fourth-order valence-corrected chi connectivity index (χ4v) is 1.76. The second-order valence-corrected chi connectivity index (χ2v) is 5.83. The highest BCUT2D eigenvalue weighted by Gasteiger charge is 2.15. The number of benzene rings is 1. The van der Waals surface area contributed by atoms with E-state index in [1.54, 1.807) is 38.4 Å². The van der Waals surface area contributed by atoms with Crippen LogP contribution in [0.5, 0.6) is 5.75 Å². The van der Waals surface area contributed by atoms with Gasteiger partial charge in [0.15, 0.2) is 6.61 Å². The predicted molar refractivity (Wildman–Crippen MR) is 93.9 cm³/mol. The summed E-state index contributed by atoms with van der Waals surface area (Å²) >= 11 is 0. The van der Waals surface area contributed by atoms with Crippen LogP contribution in [0, 0.1) is 5.92 Å². The van der Waals surface area contributed by atoms with Crippen LogP contribution in [0.1, 0.15) is 20.3 Å². The van der Waals surface area contributed by atoms with Gasteiger partial charge in [-0.25, -0.2) is 0 Å². The van der Waals surface area contributed by atoms with E-state index in [-0.39, 0.29) is 30.8 Å². The molecule has 0 fully saturated rings. The van der Waals surface area contributed by atoms with Crippen LogP contribution >= 0.6 is 12.4 Å². The summed E-state index contributed by atoms with van der Waals surface area (Å²) in [6.07, 6.45) is 0.639. The summed E-state index contributed by atoms with van der Waals surface area (Å²) in [5.74, 6) is 0.618. The van der Waals surface area contributed by atoms with Gasteiger partial charge in [-0.3, -0.25) is 9.59 Å². The number of nitrogens with zero attached hydrogens (tertiary/aromatic N) is 1. The minimum absolute atomic E-state index is 0. The zero-order chi connectivity index (χ0) is 16.7. The number of rotatable bonds is 7. The SMILES string of the molecule is CC(C)C[C@H](N)C(=O)Nc1ccc(OCC(=O)N(C)C)cc1.Cl. The molecule has 0 spiro atoms. The molecule has 0 aromatic heterocycles. The summed E-state index contributed by atoms with van der Waals surface area (Å²) in [7, 11) is 3.34. The number of carbonyl (C=O) groups excluding carboxylic acids is 2. The normalized spacial score (nSPS) is 11.4. The van der Waals surface area contributed by atoms with Gasteiger partial charge in [-0.05, 0) is 36.6 Å². The van der Waals surface area contributed by atoms with Crippen molar-refractivity contribution in [2.24, 2.45) is 11.7 Å². The van der Waals surface area contributed by atoms with Gasteiger partial charge in [0.1, 0.15) is 5.75 Å². The molecule has 6 nitrogen and oxygen atoms in total. The Labute approximate surface area is 143 Å². The van der Waals surface area contributed by atoms with E-state index in [2.05, 4.69) is 5.32 Å². The molecule has 0 aliphatic carbocycles. The van der Waals surface area contributed by atoms with Crippen molar-refractivity contribution in [3.63, 3.8) is 0 Å². The van der Waals surface area contributed by atoms with Gasteiger partial charge < -0.3 is 20.7 Å². The van der Waals surface area contributed by atoms with E-state index < -0.39 is 6.04 Å². The Morgan fingerprint density at radius 3 is 2.26 bits per heavy atom. The topological polar surface area (TPSA) is 84.7 Å². The van der Waals surface area contributed by atoms with E-state index >= 15 is 0 Å². The third-order valence-corrected chi connectivity index (χ3v) is 3.05. The lowest BCUT2D eigenvalue weighted by Crippen LogP contribution is -2.36. The van der Waals surface area contributed by atoms with Gasteiger partial charge in [0.05, 0.1) is 6.04 Å². The van der Waals surface area contributed by atoms with Gasteiger partial charge in [0.2, 0.25) is 5.91 Å². The fourth-order valence-electron chi connectivity index (χ4n) is 1.76. The maximum absolute atomic E-state index is 11.9. The average Bonchev–Trinajstić information content (AvgIpc) is 2.45. The van der Waals surface area contributed by atoms with Crippen LogP contribution < -0.4 is 15.8 Å². The lowest BCUT2D eigenvalue weighted by Gasteiger charge is -2.14. The summed E-state index contributed by atoms with van der Waals surface area (Å²) in [6, 6.07) is 6.32. The molecule has 0 aliphatic heterocycles. The number of carbonyl (C=O) groups is 2. The van der Waals surface area contributed by atoms with Crippen molar-refractivity contribution in [2.75, 3.05) is 26.0 Å². The minimum Gasteiger partial charge on any atom is -0.484 e. The average molecular weight is 344 g/mol. The van der Waals surface area contributed by atoms with Crippen molar-refractivity contribution >= 4 is 29.9 Å². The van der Waals surface area contributed by atoms with Crippen LogP contribution in [0.25, 0.3) is 0 Å². The number of nitrogens with two attached hydrogens (primary N) is 1. The molecule has 3 N–H and O–H groups in total. The van der Waals surface area contributed by atoms with Crippen LogP contribution in [-0.4, -0.2) is 43.5 Å². The molecular weight excluding hydrogens is 318 g/mol. The third-order valence-electron chi connectivity index (χ3n) is 3.05. The van der Waals surface area contributed by atoms with Crippen LogP contribution in [-0.2, 0) is 9.59 Å². The standard InChI is InChI=1S/C16H25N3O3.ClH/c1-11(2)9-14(17)16(21)18-12-5-7-13(8-6-12)22-10-15(20)19(3)4;/h5-8,11,14H,9-10,17H2,1-4H3,(H,18,21);1H/t14-;/m0./s1. The summed E-state index contributed by atoms with van der Waals surface area (Å²) in [6.45, 7) is 4.03. The van der Waals surface area contributed by atoms with Crippen molar-refractivity contribution < 1.29 is 14.3 Å². The summed E-state index contributed by atoms with van der Waals surface area (Å²) in [5, 5.41) is 2.76. The largest absolute Gasteiger partial charge is 0.484 e. The van der Waals surface area contributed by atoms with E-state index in [1.165, 1.54) is 4.90 Å². The van der Waals surface area contributed by atoms with Crippen molar-refractivity contribution in [3.8, 4) is 5.75 Å². The van der Waals surface area contributed by atoms with E-state index in [0.717, 1.165) is 0 Å². The molecule has 2 amide bonds. The molecule has 0 unspecified atom stereocenters. The number of hydrogen-bond donors (Lipinski definition) is 2. The molecule has 0 aliphatic rings. The van der Waals surface area contributed by atoms with E-state index in [1.807, 2.05) is 13.8 Å². The Bertz CT molecular complexity index is 504. The van der Waals surface area contributed by atoms with Crippen LogP contribution in [0.2, 0.25) is 0 Å². The monoisotopic (exact) mass is 343 g/mol. The second-order valence-electron chi connectivity index (χ2n) is 5.83. The van der Waals surface area contributed by atoms with Crippen molar-refractivity contribution in [2.45, 2.75) is 26.3 Å². The first-order valence-electron chi connectivity index (χ1n) is 7.29. The van der Waals surface area contributed by atoms with Crippen molar-refractivity contribution in [3.05, 3.63) is 24.3 Å². The lowest BCUT2D eigenvalue weighted by molar-refractivity contribution is -0.130. The van der Waals surface area contributed by atoms with Gasteiger partial charge >= 0.3 is 0 Å². The number of hydrogen-bond acceptors (Lipinski definition) is 4. The molecular formula is C16H26ClN3O3. The van der Waals surface area contributed by atoms with Gasteiger partial charge in [-0.1, -0.05) is 13.8 Å². The Morgan fingerprint density at radius 1 is 1.22 bits per heavy atom. The quantitative estimate of drug-likeness (QED) is 0.791. The lowest BCUT2D eigenvalue weighted by atomic mass is 10.0. The maximum atomic E-state index is 11.9. The minimum atomic E-state index is -0.520. The molecule has 130 valence electrons. The number of halogens is 1. The Hall–Kier alpha value is -1.79. The first kappa shape index (κ1) is 21.2. The zero-order valence-corrected chi connectivity index (χ0v) is 14.9. The highest BCUT2D eigenvalue weighted by molar-refractivity contribution is 5.94. The molecule has 0 radical (unpaired) electrons. The first-order chi connectivity index (χ1) is 10.3. The summed E-state index contributed by atoms with van der Waals surface area (Å²) < 4.78 is 5.36. The molecule has 7 heteroatoms. The zero-order valence-electron chi connectivity index (χ0n) is 14.0. The Balaban J connectivity index is 0.00000484. The van der Waals surface area contributed by atoms with Crippen molar-refractivity contribution in [1.82, 2.24) is 4.90 Å². The van der Waals surface area contributed by atoms with Gasteiger partial charge in [-0.15, -0.1) is 12.4 Å². The first-order valence-corrected chi connectivity index (χ1v) is 7.29. The van der Waals surface area contributed by atoms with E-state index in [0.29, 0.717) is 23.8 Å². The molecule has 1 aromatic rings. The number of amides is 2. The smallest absolute Gasteiger partial charge is 0.259 e. The molecule has 0 bridgehead atoms. The number of nitrogens with one attached hydrogen (secondary N) is 1. The summed E-state index contributed by atoms with van der Waals surface area (Å²) in [5.41, 5.74) is 6.47. The number of anilines is 1. The maximum Gasteiger partial charge on any atom is 0.259 e. The number of ether oxygens (including phenoxy) is 1. The van der Waals surface area contributed by atoms with Gasteiger partial charge in [0, 0.05) is 19.8 Å². The highest BCUT2D eigenvalue weighted by Crippen LogP contribution is 2.16. The van der Waals surface area contributed by atoms with Gasteiger partial charge in [-0.2, -0.15) is 0 Å². The van der Waals surface area contributed by atoms with Crippen LogP contribution in [0.3, 0.4) is 0 Å². The van der Waals surface area contributed by atoms with Crippen LogP contribution in [0.4, 0.5) is 5.69 Å². The van der Waals surface area contributed by atoms with Crippen LogP contribution in [0.15, 0.2) is 24.3 Å². The molecule has 0 saturated carbocycles. The molecule has 1 atom stereocenters. The highest BCUT2D eigenvalue weighted by atomic mass is 35.5. The van der Waals surface area contributed by atoms with Gasteiger partial charge in [0.25, 0.3) is 5.91 Å². The molecule has 0 heterocycles. The molecule has 23 heavy (non-hydrogen) atoms. The Kier molecular flexibility index (Phi) is 9.29. The third kappa shape index (κ3) is 7.85. The molecule has 1 aromatic carbocycles. The Morgan fingerprint density at radius 2 is 1.78 bits per heavy atom. The van der Waals surface area contributed by atoms with E-state index in [4.69, 9.17) is 10.5 Å². The molecule has 1 rings (SSSR count). The predicted octanol–water partition coefficient (Wildman–Crippen LogP) is 1.89. The van der Waals surface area contributed by atoms with Crippen molar-refractivity contribution in [1.29, 1.82) is 0 Å². The number of likely N-dealkylation sites (N-methyl/N-ethyl adjacent to an activating group) is 1. The second kappa shape index (κ2) is 10.1. The fraction of sp³-hybridized carbons (Fsp3) is 0.500. The van der Waals surface area contributed by atoms with E-state index in [9.17, 15) is 9.59 Å². The summed E-state index contributed by atoms with van der Waals surface area (Å²) in [4.78, 5) is 24.8.